The van der Waals surface area contributed by atoms with Crippen LogP contribution in [0.25, 0.3) is 0 Å². The van der Waals surface area contributed by atoms with Gasteiger partial charge in [0.15, 0.2) is 22.9 Å². The Bertz CT molecular complexity index is 304. The van der Waals surface area contributed by atoms with Crippen LogP contribution in [-0.4, -0.2) is 10.2 Å². The van der Waals surface area contributed by atoms with Crippen LogP contribution >= 0.6 is 0 Å². The van der Waals surface area contributed by atoms with Crippen molar-refractivity contribution < 1.29 is 10.2 Å². The Morgan fingerprint density at radius 2 is 1.25 bits per heavy atom. The first-order valence-corrected chi connectivity index (χ1v) is 2.92. The number of benzene rings is 1. The molecule has 0 atom stereocenters. The minimum atomic E-state index is -0.734. The molecule has 2 N–H and O–H groups in total. The predicted octanol–water partition coefficient (Wildman–Crippen LogP) is 1.89. The van der Waals surface area contributed by atoms with E-state index >= 15 is 0 Å². The summed E-state index contributed by atoms with van der Waals surface area (Å²) in [4.78, 5) is 19.9. The summed E-state index contributed by atoms with van der Waals surface area (Å²) in [5.74, 6) is -1.47. The van der Waals surface area contributed by atoms with E-state index in [0.717, 1.165) is 12.1 Å². The van der Waals surface area contributed by atoms with Gasteiger partial charge in [0.2, 0.25) is 0 Å². The largest absolute Gasteiger partial charge is 0.503 e. The molecule has 0 aliphatic rings. The second-order valence-corrected chi connectivity index (χ2v) is 1.98. The maximum atomic E-state index is 9.95. The summed E-state index contributed by atoms with van der Waals surface area (Å²) in [5.41, 5.74) is -0.667. The predicted molar refractivity (Wildman–Crippen MR) is 40.7 cm³/mol. The maximum Gasteiger partial charge on any atom is 0.189 e. The second kappa shape index (κ2) is 2.95. The number of rotatable bonds is 2. The van der Waals surface area contributed by atoms with Crippen LogP contribution < -0.4 is 0 Å². The fourth-order valence-electron chi connectivity index (χ4n) is 0.706. The molecule has 0 amide bonds. The lowest BCUT2D eigenvalue weighted by atomic mass is 10.2. The molecule has 62 valence electrons. The van der Waals surface area contributed by atoms with Crippen LogP contribution in [0.5, 0.6) is 11.5 Å². The van der Waals surface area contributed by atoms with Crippen LogP contribution in [0.2, 0.25) is 0 Å². The van der Waals surface area contributed by atoms with Crippen molar-refractivity contribution in [2.24, 2.45) is 10.4 Å². The van der Waals surface area contributed by atoms with E-state index in [0.29, 0.717) is 0 Å². The van der Waals surface area contributed by atoms with E-state index in [1.165, 1.54) is 0 Å². The molecular formula is C6H4N2O4. The van der Waals surface area contributed by atoms with Gasteiger partial charge in [0, 0.05) is 0 Å². The molecule has 0 unspecified atom stereocenters. The van der Waals surface area contributed by atoms with Crippen LogP contribution in [0.15, 0.2) is 22.5 Å². The molecule has 6 heteroatoms. The van der Waals surface area contributed by atoms with Gasteiger partial charge in [-0.2, -0.15) is 0 Å². The molecular weight excluding hydrogens is 164 g/mol. The molecule has 0 fully saturated rings. The first-order chi connectivity index (χ1) is 5.70. The van der Waals surface area contributed by atoms with E-state index in [4.69, 9.17) is 10.2 Å². The van der Waals surface area contributed by atoms with Gasteiger partial charge >= 0.3 is 0 Å². The highest BCUT2D eigenvalue weighted by Gasteiger charge is 2.11. The molecule has 1 rings (SSSR count). The molecule has 1 aromatic rings. The number of hydrogen-bond acceptors (Lipinski definition) is 6. The minimum Gasteiger partial charge on any atom is -0.503 e. The first kappa shape index (κ1) is 8.12. The summed E-state index contributed by atoms with van der Waals surface area (Å²) in [5, 5.41) is 22.7. The van der Waals surface area contributed by atoms with Crippen molar-refractivity contribution in [1.29, 1.82) is 0 Å². The van der Waals surface area contributed by atoms with Crippen molar-refractivity contribution >= 4 is 11.4 Å². The fraction of sp³-hybridized carbons (Fsp3) is 0. The van der Waals surface area contributed by atoms with Crippen molar-refractivity contribution in [3.63, 3.8) is 0 Å². The third-order valence-electron chi connectivity index (χ3n) is 1.31. The van der Waals surface area contributed by atoms with Crippen LogP contribution in [0, 0.1) is 9.81 Å². The summed E-state index contributed by atoms with van der Waals surface area (Å²) in [6, 6.07) is 2.16. The number of phenolic OH excluding ortho intramolecular Hbond substituents is 2. The molecule has 0 aromatic heterocycles. The van der Waals surface area contributed by atoms with Gasteiger partial charge in [-0.15, -0.1) is 9.81 Å². The van der Waals surface area contributed by atoms with Gasteiger partial charge in [0.05, 0.1) is 0 Å². The Morgan fingerprint density at radius 3 is 1.50 bits per heavy atom. The van der Waals surface area contributed by atoms with E-state index in [9.17, 15) is 9.81 Å². The van der Waals surface area contributed by atoms with Crippen molar-refractivity contribution in [3.8, 4) is 11.5 Å². The number of nitrogens with zero attached hydrogens (tertiary/aromatic N) is 2. The highest BCUT2D eigenvalue weighted by atomic mass is 16.3. The van der Waals surface area contributed by atoms with Crippen molar-refractivity contribution in [2.45, 2.75) is 0 Å². The lowest BCUT2D eigenvalue weighted by Gasteiger charge is -1.99. The van der Waals surface area contributed by atoms with Gasteiger partial charge in [-0.05, 0) is 22.5 Å². The Kier molecular flexibility index (Phi) is 2.00. The average molecular weight is 168 g/mol. The van der Waals surface area contributed by atoms with E-state index in [1.54, 1.807) is 0 Å². The van der Waals surface area contributed by atoms with Gasteiger partial charge < -0.3 is 10.2 Å². The average Bonchev–Trinajstić information content (AvgIpc) is 2.10. The molecule has 12 heavy (non-hydrogen) atoms. The van der Waals surface area contributed by atoms with E-state index < -0.39 is 11.5 Å². The Morgan fingerprint density at radius 1 is 0.917 bits per heavy atom. The normalized spacial score (nSPS) is 9.33. The van der Waals surface area contributed by atoms with Gasteiger partial charge in [0.25, 0.3) is 0 Å². The van der Waals surface area contributed by atoms with E-state index in [2.05, 4.69) is 10.4 Å². The van der Waals surface area contributed by atoms with Crippen molar-refractivity contribution in [3.05, 3.63) is 21.9 Å². The SMILES string of the molecule is O=Nc1ccc(N=O)c(O)c1O. The molecule has 1 aromatic carbocycles. The summed E-state index contributed by atoms with van der Waals surface area (Å²) in [6.45, 7) is 0. The third kappa shape index (κ3) is 1.09. The van der Waals surface area contributed by atoms with Gasteiger partial charge in [0.1, 0.15) is 0 Å². The molecule has 0 aliphatic carbocycles. The maximum absolute atomic E-state index is 9.95. The highest BCUT2D eigenvalue weighted by molar-refractivity contribution is 5.68. The van der Waals surface area contributed by atoms with Crippen molar-refractivity contribution in [1.82, 2.24) is 0 Å². The Hall–Kier alpha value is -1.98. The summed E-state index contributed by atoms with van der Waals surface area (Å²) in [7, 11) is 0. The molecule has 0 radical (unpaired) electrons. The Labute approximate surface area is 66.4 Å². The zero-order chi connectivity index (χ0) is 9.14. The van der Waals surface area contributed by atoms with Crippen molar-refractivity contribution in [2.75, 3.05) is 0 Å². The standard InChI is InChI=1S/C6H4N2O4/c9-5-3(7-11)1-2-4(8-12)6(5)10/h1-2,9-10H. The molecule has 0 saturated carbocycles. The van der Waals surface area contributed by atoms with Gasteiger partial charge in [-0.3, -0.25) is 0 Å². The molecule has 0 spiro atoms. The lowest BCUT2D eigenvalue weighted by molar-refractivity contribution is 0.406. The van der Waals surface area contributed by atoms with Crippen LogP contribution in [0.1, 0.15) is 0 Å². The molecule has 0 bridgehead atoms. The topological polar surface area (TPSA) is 99.3 Å². The lowest BCUT2D eigenvalue weighted by Crippen LogP contribution is -1.71. The quantitative estimate of drug-likeness (QED) is 0.520. The van der Waals surface area contributed by atoms with Gasteiger partial charge in [-0.25, -0.2) is 0 Å². The number of nitroso groups, excluding NO2 is 2. The number of phenols is 2. The number of hydrogen-bond donors (Lipinski definition) is 2. The van der Waals surface area contributed by atoms with Crippen LogP contribution in [0.4, 0.5) is 11.4 Å². The first-order valence-electron chi connectivity index (χ1n) is 2.92. The fourth-order valence-corrected chi connectivity index (χ4v) is 0.706. The molecule has 0 saturated heterocycles. The van der Waals surface area contributed by atoms with Gasteiger partial charge in [-0.1, -0.05) is 0 Å². The van der Waals surface area contributed by atoms with Crippen LogP contribution in [0.3, 0.4) is 0 Å². The zero-order valence-electron chi connectivity index (χ0n) is 5.76. The van der Waals surface area contributed by atoms with E-state index in [-0.39, 0.29) is 11.4 Å². The monoisotopic (exact) mass is 168 g/mol. The molecule has 6 nitrogen and oxygen atoms in total. The number of aromatic hydroxyl groups is 2. The highest BCUT2D eigenvalue weighted by Crippen LogP contribution is 2.41. The van der Waals surface area contributed by atoms with Crippen LogP contribution in [-0.2, 0) is 0 Å². The molecule has 0 heterocycles. The third-order valence-corrected chi connectivity index (χ3v) is 1.31. The second-order valence-electron chi connectivity index (χ2n) is 1.98. The van der Waals surface area contributed by atoms with E-state index in [1.807, 2.05) is 0 Å². The Balaban J connectivity index is 3.38. The summed E-state index contributed by atoms with van der Waals surface area (Å²) < 4.78 is 0. The molecule has 0 aliphatic heterocycles. The summed E-state index contributed by atoms with van der Waals surface area (Å²) in [6.07, 6.45) is 0. The zero-order valence-corrected chi connectivity index (χ0v) is 5.76. The smallest absolute Gasteiger partial charge is 0.189 e. The minimum absolute atomic E-state index is 0.333. The summed E-state index contributed by atoms with van der Waals surface area (Å²) >= 11 is 0.